The molecular formula is C17H23FN2O6. The molecule has 8 nitrogen and oxygen atoms in total. The molecular weight excluding hydrogens is 347 g/mol. The Hall–Kier alpha value is -2.07. The summed E-state index contributed by atoms with van der Waals surface area (Å²) < 4.78 is 23.0. The first-order valence-electron chi connectivity index (χ1n) is 8.19. The molecule has 1 aliphatic heterocycles. The Labute approximate surface area is 150 Å². The third-order valence-electron chi connectivity index (χ3n) is 4.03. The highest BCUT2D eigenvalue weighted by Gasteiger charge is 2.43. The lowest BCUT2D eigenvalue weighted by atomic mass is 10.1. The third kappa shape index (κ3) is 5.73. The number of hydrogen-bond donors (Lipinski definition) is 4. The van der Waals surface area contributed by atoms with Crippen LogP contribution in [-0.2, 0) is 25.6 Å². The van der Waals surface area contributed by atoms with Gasteiger partial charge in [-0.3, -0.25) is 9.59 Å². The average molecular weight is 370 g/mol. The standard InChI is InChI=1S/C17H23FN2O6/c1-25-9-15(22)20-8-13-17(24)16(23)12(26-13)6-14(21)19-7-10-2-4-11(18)5-3-10/h2-5,12-13,16-17,23-24H,6-9H2,1H3,(H,19,21)(H,20,22)/t12-,13+,16-,17+/m0/s1. The molecule has 144 valence electrons. The molecule has 4 atom stereocenters. The third-order valence-corrected chi connectivity index (χ3v) is 4.03. The number of carbonyl (C=O) groups excluding carboxylic acids is 2. The van der Waals surface area contributed by atoms with E-state index in [1.165, 1.54) is 19.2 Å². The summed E-state index contributed by atoms with van der Waals surface area (Å²) in [5.41, 5.74) is 0.728. The van der Waals surface area contributed by atoms with Crippen molar-refractivity contribution in [2.75, 3.05) is 20.3 Å². The van der Waals surface area contributed by atoms with E-state index in [2.05, 4.69) is 15.4 Å². The summed E-state index contributed by atoms with van der Waals surface area (Å²) in [6.45, 7) is 0.0791. The number of aliphatic hydroxyl groups excluding tert-OH is 2. The number of amides is 2. The fourth-order valence-electron chi connectivity index (χ4n) is 2.62. The highest BCUT2D eigenvalue weighted by molar-refractivity contribution is 5.77. The fourth-order valence-corrected chi connectivity index (χ4v) is 2.62. The Kier molecular flexibility index (Phi) is 7.46. The molecule has 2 amide bonds. The van der Waals surface area contributed by atoms with Crippen LogP contribution >= 0.6 is 0 Å². The van der Waals surface area contributed by atoms with E-state index < -0.39 is 24.4 Å². The van der Waals surface area contributed by atoms with Gasteiger partial charge in [0.15, 0.2) is 0 Å². The smallest absolute Gasteiger partial charge is 0.246 e. The molecule has 26 heavy (non-hydrogen) atoms. The molecule has 1 aromatic carbocycles. The second kappa shape index (κ2) is 9.58. The van der Waals surface area contributed by atoms with Gasteiger partial charge >= 0.3 is 0 Å². The summed E-state index contributed by atoms with van der Waals surface area (Å²) in [6.07, 6.45) is -4.31. The lowest BCUT2D eigenvalue weighted by Crippen LogP contribution is -2.41. The molecule has 0 unspecified atom stereocenters. The Morgan fingerprint density at radius 2 is 1.77 bits per heavy atom. The van der Waals surface area contributed by atoms with Crippen molar-refractivity contribution in [2.45, 2.75) is 37.4 Å². The van der Waals surface area contributed by atoms with Crippen LogP contribution in [0.25, 0.3) is 0 Å². The molecule has 1 saturated heterocycles. The maximum absolute atomic E-state index is 12.8. The molecule has 9 heteroatoms. The number of benzene rings is 1. The van der Waals surface area contributed by atoms with E-state index in [-0.39, 0.29) is 43.7 Å². The SMILES string of the molecule is COCC(=O)NC[C@H]1O[C@@H](CC(=O)NCc2ccc(F)cc2)[C@H](O)[C@@H]1O. The van der Waals surface area contributed by atoms with Gasteiger partial charge in [-0.05, 0) is 17.7 Å². The molecule has 0 aromatic heterocycles. The van der Waals surface area contributed by atoms with Gasteiger partial charge in [0.2, 0.25) is 11.8 Å². The van der Waals surface area contributed by atoms with E-state index in [1.807, 2.05) is 0 Å². The number of ether oxygens (including phenoxy) is 2. The van der Waals surface area contributed by atoms with Crippen molar-refractivity contribution in [3.8, 4) is 0 Å². The average Bonchev–Trinajstić information content (AvgIpc) is 2.88. The monoisotopic (exact) mass is 370 g/mol. The predicted molar refractivity (Wildman–Crippen MR) is 88.4 cm³/mol. The zero-order valence-electron chi connectivity index (χ0n) is 14.4. The number of hydrogen-bond acceptors (Lipinski definition) is 6. The largest absolute Gasteiger partial charge is 0.388 e. The molecule has 1 heterocycles. The fraction of sp³-hybridized carbons (Fsp3) is 0.529. The van der Waals surface area contributed by atoms with Crippen LogP contribution in [0, 0.1) is 5.82 Å². The lowest BCUT2D eigenvalue weighted by molar-refractivity contribution is -0.127. The van der Waals surface area contributed by atoms with Crippen LogP contribution in [0.1, 0.15) is 12.0 Å². The van der Waals surface area contributed by atoms with Crippen LogP contribution in [0.5, 0.6) is 0 Å². The number of nitrogens with one attached hydrogen (secondary N) is 2. The minimum absolute atomic E-state index is 0.00583. The van der Waals surface area contributed by atoms with E-state index in [0.717, 1.165) is 5.56 Å². The van der Waals surface area contributed by atoms with E-state index in [1.54, 1.807) is 12.1 Å². The summed E-state index contributed by atoms with van der Waals surface area (Å²) in [6, 6.07) is 5.70. The minimum Gasteiger partial charge on any atom is -0.388 e. The molecule has 1 aliphatic rings. The van der Waals surface area contributed by atoms with Gasteiger partial charge in [0, 0.05) is 20.2 Å². The molecule has 0 bridgehead atoms. The zero-order valence-corrected chi connectivity index (χ0v) is 14.4. The summed E-state index contributed by atoms with van der Waals surface area (Å²) in [4.78, 5) is 23.4. The summed E-state index contributed by atoms with van der Waals surface area (Å²) in [7, 11) is 1.38. The minimum atomic E-state index is -1.24. The topological polar surface area (TPSA) is 117 Å². The van der Waals surface area contributed by atoms with Crippen molar-refractivity contribution in [3.63, 3.8) is 0 Å². The predicted octanol–water partition coefficient (Wildman–Crippen LogP) is -0.916. The Bertz CT molecular complexity index is 612. The molecule has 0 radical (unpaired) electrons. The number of aliphatic hydroxyl groups is 2. The van der Waals surface area contributed by atoms with Gasteiger partial charge in [-0.1, -0.05) is 12.1 Å². The van der Waals surface area contributed by atoms with Gasteiger partial charge in [0.05, 0.1) is 12.5 Å². The molecule has 1 fully saturated rings. The van der Waals surface area contributed by atoms with Crippen LogP contribution in [0.2, 0.25) is 0 Å². The zero-order chi connectivity index (χ0) is 19.1. The van der Waals surface area contributed by atoms with Crippen molar-refractivity contribution in [3.05, 3.63) is 35.6 Å². The van der Waals surface area contributed by atoms with Gasteiger partial charge in [-0.25, -0.2) is 4.39 Å². The molecule has 1 aromatic rings. The van der Waals surface area contributed by atoms with Crippen molar-refractivity contribution in [2.24, 2.45) is 0 Å². The molecule has 4 N–H and O–H groups in total. The molecule has 0 saturated carbocycles. The van der Waals surface area contributed by atoms with Crippen molar-refractivity contribution < 1.29 is 33.7 Å². The normalized spacial score (nSPS) is 25.1. The number of methoxy groups -OCH3 is 1. The first kappa shape index (κ1) is 20.2. The highest BCUT2D eigenvalue weighted by atomic mass is 19.1. The number of carbonyl (C=O) groups is 2. The van der Waals surface area contributed by atoms with E-state index in [4.69, 9.17) is 4.74 Å². The maximum Gasteiger partial charge on any atom is 0.246 e. The number of halogens is 1. The Balaban J connectivity index is 1.78. The van der Waals surface area contributed by atoms with E-state index in [9.17, 15) is 24.2 Å². The summed E-state index contributed by atoms with van der Waals surface area (Å²) in [5, 5.41) is 25.2. The van der Waals surface area contributed by atoms with Gasteiger partial charge in [0.25, 0.3) is 0 Å². The van der Waals surface area contributed by atoms with Crippen molar-refractivity contribution in [1.82, 2.24) is 10.6 Å². The van der Waals surface area contributed by atoms with Gasteiger partial charge in [-0.15, -0.1) is 0 Å². The van der Waals surface area contributed by atoms with Gasteiger partial charge in [-0.2, -0.15) is 0 Å². The Morgan fingerprint density at radius 1 is 1.12 bits per heavy atom. The van der Waals surface area contributed by atoms with Gasteiger partial charge < -0.3 is 30.3 Å². The highest BCUT2D eigenvalue weighted by Crippen LogP contribution is 2.23. The van der Waals surface area contributed by atoms with Crippen molar-refractivity contribution >= 4 is 11.8 Å². The summed E-state index contributed by atoms with van der Waals surface area (Å²) >= 11 is 0. The quantitative estimate of drug-likeness (QED) is 0.470. The second-order valence-electron chi connectivity index (χ2n) is 6.04. The van der Waals surface area contributed by atoms with E-state index in [0.29, 0.717) is 0 Å². The van der Waals surface area contributed by atoms with Crippen LogP contribution in [0.4, 0.5) is 4.39 Å². The first-order chi connectivity index (χ1) is 12.4. The van der Waals surface area contributed by atoms with Crippen molar-refractivity contribution in [1.29, 1.82) is 0 Å². The Morgan fingerprint density at radius 3 is 2.42 bits per heavy atom. The van der Waals surface area contributed by atoms with Crippen LogP contribution in [0.3, 0.4) is 0 Å². The molecule has 0 spiro atoms. The lowest BCUT2D eigenvalue weighted by Gasteiger charge is -2.15. The maximum atomic E-state index is 12.8. The number of rotatable bonds is 8. The second-order valence-corrected chi connectivity index (χ2v) is 6.04. The van der Waals surface area contributed by atoms with E-state index >= 15 is 0 Å². The van der Waals surface area contributed by atoms with Crippen LogP contribution in [0.15, 0.2) is 24.3 Å². The summed E-state index contributed by atoms with van der Waals surface area (Å²) in [5.74, 6) is -1.12. The van der Waals surface area contributed by atoms with Crippen LogP contribution < -0.4 is 10.6 Å². The first-order valence-corrected chi connectivity index (χ1v) is 8.19. The van der Waals surface area contributed by atoms with Crippen LogP contribution in [-0.4, -0.2) is 66.7 Å². The molecule has 2 rings (SSSR count). The van der Waals surface area contributed by atoms with Gasteiger partial charge in [0.1, 0.15) is 30.7 Å². The molecule has 0 aliphatic carbocycles.